The first-order valence-electron chi connectivity index (χ1n) is 14.9. The quantitative estimate of drug-likeness (QED) is 0.154. The van der Waals surface area contributed by atoms with E-state index in [-0.39, 0.29) is 57.9 Å². The molecular formula is C36H50O7P+. The number of carbonyl (C=O) groups is 2. The lowest BCUT2D eigenvalue weighted by atomic mass is 9.78. The van der Waals surface area contributed by atoms with Crippen LogP contribution in [0.1, 0.15) is 126 Å². The molecule has 0 amide bonds. The van der Waals surface area contributed by atoms with Gasteiger partial charge in [-0.1, -0.05) is 83.1 Å². The summed E-state index contributed by atoms with van der Waals surface area (Å²) in [6.45, 7) is 23.5. The number of phenols is 2. The number of hydrogen-bond donors (Lipinski definition) is 2. The number of allylic oxidation sites excluding steroid dienone is 2. The van der Waals surface area contributed by atoms with Crippen LogP contribution in [0, 0.1) is 0 Å². The maximum Gasteiger partial charge on any atom is 0.698 e. The van der Waals surface area contributed by atoms with Gasteiger partial charge in [0.1, 0.15) is 24.7 Å². The van der Waals surface area contributed by atoms with E-state index in [1.807, 2.05) is 83.1 Å². The van der Waals surface area contributed by atoms with Gasteiger partial charge in [-0.3, -0.25) is 9.59 Å². The van der Waals surface area contributed by atoms with Crippen LogP contribution in [0.2, 0.25) is 0 Å². The molecule has 0 aromatic heterocycles. The highest BCUT2D eigenvalue weighted by molar-refractivity contribution is 7.33. The van der Waals surface area contributed by atoms with E-state index in [9.17, 15) is 24.4 Å². The maximum atomic E-state index is 12.9. The number of hydrogen-bond acceptors (Lipinski definition) is 7. The highest BCUT2D eigenvalue weighted by Gasteiger charge is 2.29. The van der Waals surface area contributed by atoms with Gasteiger partial charge in [-0.05, 0) is 70.2 Å². The normalized spacial score (nSPS) is 13.2. The lowest BCUT2D eigenvalue weighted by Gasteiger charge is -2.28. The van der Waals surface area contributed by atoms with Gasteiger partial charge in [-0.15, -0.1) is 9.05 Å². The molecule has 0 bridgehead atoms. The average Bonchev–Trinajstić information content (AvgIpc) is 2.86. The second kappa shape index (κ2) is 13.9. The molecule has 240 valence electrons. The van der Waals surface area contributed by atoms with Crippen molar-refractivity contribution in [2.75, 3.05) is 13.2 Å². The number of rotatable bonds is 10. The maximum absolute atomic E-state index is 12.9. The van der Waals surface area contributed by atoms with Crippen LogP contribution < -0.4 is 0 Å². The zero-order valence-electron chi connectivity index (χ0n) is 28.4. The van der Waals surface area contributed by atoms with Gasteiger partial charge in [-0.25, -0.2) is 0 Å². The lowest BCUT2D eigenvalue weighted by molar-refractivity contribution is 0.103. The Bertz CT molecular complexity index is 1270. The summed E-state index contributed by atoms with van der Waals surface area (Å²) in [6.07, 6.45) is 5.62. The van der Waals surface area contributed by atoms with Gasteiger partial charge in [0.2, 0.25) is 0 Å². The largest absolute Gasteiger partial charge is 0.698 e. The summed E-state index contributed by atoms with van der Waals surface area (Å²) in [5.41, 5.74) is 2.20. The smallest absolute Gasteiger partial charge is 0.507 e. The third-order valence-electron chi connectivity index (χ3n) is 7.11. The summed E-state index contributed by atoms with van der Waals surface area (Å²) in [5.74, 6) is -0.126. The fraction of sp³-hybridized carbons (Fsp3) is 0.500. The molecule has 0 radical (unpaired) electrons. The van der Waals surface area contributed by atoms with Gasteiger partial charge in [-0.2, -0.15) is 0 Å². The predicted octanol–water partition coefficient (Wildman–Crippen LogP) is 9.16. The molecule has 0 saturated heterocycles. The molecule has 0 fully saturated rings. The molecule has 2 rings (SSSR count). The number of ketones is 2. The molecule has 2 aromatic carbocycles. The molecule has 0 aliphatic rings. The van der Waals surface area contributed by atoms with Crippen molar-refractivity contribution in [1.29, 1.82) is 0 Å². The van der Waals surface area contributed by atoms with E-state index in [1.54, 1.807) is 24.3 Å². The van der Waals surface area contributed by atoms with Gasteiger partial charge >= 0.3 is 8.25 Å². The van der Waals surface area contributed by atoms with Gasteiger partial charge in [0.05, 0.1) is 0 Å². The molecule has 0 aliphatic carbocycles. The Balaban J connectivity index is 2.02. The van der Waals surface area contributed by atoms with Crippen molar-refractivity contribution in [3.05, 3.63) is 82.0 Å². The third-order valence-corrected chi connectivity index (χ3v) is 7.83. The Morgan fingerprint density at radius 3 is 1.07 bits per heavy atom. The molecule has 8 heteroatoms. The monoisotopic (exact) mass is 625 g/mol. The second-order valence-corrected chi connectivity index (χ2v) is 16.2. The molecule has 0 saturated carbocycles. The van der Waals surface area contributed by atoms with Crippen molar-refractivity contribution in [3.8, 4) is 11.5 Å². The first kappa shape index (κ1) is 37.1. The van der Waals surface area contributed by atoms with Crippen molar-refractivity contribution >= 4 is 19.8 Å². The van der Waals surface area contributed by atoms with Crippen molar-refractivity contribution in [1.82, 2.24) is 0 Å². The SMILES string of the molecule is CC(C)(C)c1cc(C(=O)/C=C/CO[P+](=O)OC/C=C/C(=O)c2cc(C(C)(C)C)c(O)c(C(C)(C)C)c2)cc(C(C)(C)C)c1O. The van der Waals surface area contributed by atoms with Crippen molar-refractivity contribution in [3.63, 3.8) is 0 Å². The number of benzene rings is 2. The summed E-state index contributed by atoms with van der Waals surface area (Å²) in [4.78, 5) is 25.9. The lowest BCUT2D eigenvalue weighted by Crippen LogP contribution is -2.18. The first-order valence-corrected chi connectivity index (χ1v) is 15.9. The summed E-state index contributed by atoms with van der Waals surface area (Å²) < 4.78 is 22.5. The van der Waals surface area contributed by atoms with E-state index in [1.165, 1.54) is 24.3 Å². The van der Waals surface area contributed by atoms with E-state index in [0.717, 1.165) is 0 Å². The molecule has 0 unspecified atom stereocenters. The van der Waals surface area contributed by atoms with Gasteiger partial charge < -0.3 is 10.2 Å². The number of aromatic hydroxyl groups is 2. The minimum atomic E-state index is -2.48. The van der Waals surface area contributed by atoms with Crippen molar-refractivity contribution < 1.29 is 33.4 Å². The van der Waals surface area contributed by atoms with Crippen LogP contribution in [0.3, 0.4) is 0 Å². The summed E-state index contributed by atoms with van der Waals surface area (Å²) >= 11 is 0. The Kier molecular flexibility index (Phi) is 11.7. The van der Waals surface area contributed by atoms with Crippen LogP contribution in [0.5, 0.6) is 11.5 Å². The molecule has 2 aromatic rings. The fourth-order valence-electron chi connectivity index (χ4n) is 4.59. The number of phenolic OH excluding ortho intramolecular Hbond substituents is 2. The van der Waals surface area contributed by atoms with E-state index >= 15 is 0 Å². The molecule has 0 aliphatic heterocycles. The van der Waals surface area contributed by atoms with Crippen LogP contribution in [0.25, 0.3) is 0 Å². The van der Waals surface area contributed by atoms with Gasteiger partial charge in [0.25, 0.3) is 0 Å². The summed E-state index contributed by atoms with van der Waals surface area (Å²) in [5, 5.41) is 21.8. The first-order chi connectivity index (χ1) is 19.9. The van der Waals surface area contributed by atoms with Crippen LogP contribution in [-0.2, 0) is 35.3 Å². The zero-order chi connectivity index (χ0) is 33.8. The minimum Gasteiger partial charge on any atom is -0.507 e. The molecular weight excluding hydrogens is 575 g/mol. The average molecular weight is 626 g/mol. The molecule has 2 N–H and O–H groups in total. The van der Waals surface area contributed by atoms with Crippen LogP contribution in [0.4, 0.5) is 0 Å². The Morgan fingerprint density at radius 1 is 0.591 bits per heavy atom. The molecule has 0 spiro atoms. The van der Waals surface area contributed by atoms with Crippen LogP contribution in [0.15, 0.2) is 48.6 Å². The molecule has 0 atom stereocenters. The molecule has 0 heterocycles. The standard InChI is InChI=1S/C36H49O7P/c1-33(2,3)25-19-23(20-26(31(25)39)34(4,5)6)29(37)15-13-17-42-44(41)43-18-14-16-30(38)24-21-27(35(7,8)9)32(40)28(22-24)36(10,11)12/h13-16,19-22H,17-18H2,1-12H3,(H-,37,38,39,40)/p+1/b15-13+,16-14+. The minimum absolute atomic E-state index is 0.113. The molecule has 7 nitrogen and oxygen atoms in total. The van der Waals surface area contributed by atoms with Gasteiger partial charge in [0.15, 0.2) is 11.6 Å². The van der Waals surface area contributed by atoms with E-state index in [0.29, 0.717) is 33.4 Å². The topological polar surface area (TPSA) is 110 Å². The van der Waals surface area contributed by atoms with Crippen LogP contribution in [-0.4, -0.2) is 35.0 Å². The van der Waals surface area contributed by atoms with E-state index < -0.39 is 8.25 Å². The van der Waals surface area contributed by atoms with Crippen molar-refractivity contribution in [2.45, 2.75) is 105 Å². The highest BCUT2D eigenvalue weighted by Crippen LogP contribution is 2.41. The zero-order valence-corrected chi connectivity index (χ0v) is 29.3. The second-order valence-electron chi connectivity index (χ2n) is 15.2. The Labute approximate surface area is 264 Å². The Morgan fingerprint density at radius 2 is 0.841 bits per heavy atom. The van der Waals surface area contributed by atoms with E-state index in [2.05, 4.69) is 0 Å². The van der Waals surface area contributed by atoms with E-state index in [4.69, 9.17) is 9.05 Å². The third kappa shape index (κ3) is 9.95. The number of carbonyl (C=O) groups excluding carboxylic acids is 2. The highest BCUT2D eigenvalue weighted by atomic mass is 31.1. The molecule has 44 heavy (non-hydrogen) atoms. The van der Waals surface area contributed by atoms with Gasteiger partial charge in [0, 0.05) is 37.9 Å². The fourth-order valence-corrected chi connectivity index (χ4v) is 5.08. The van der Waals surface area contributed by atoms with Crippen molar-refractivity contribution in [2.24, 2.45) is 0 Å². The van der Waals surface area contributed by atoms with Crippen LogP contribution >= 0.6 is 8.25 Å². The Hall–Kier alpha value is -3.12. The summed E-state index contributed by atoms with van der Waals surface area (Å²) in [6, 6.07) is 6.84. The summed E-state index contributed by atoms with van der Waals surface area (Å²) in [7, 11) is -2.48. The predicted molar refractivity (Wildman–Crippen MR) is 177 cm³/mol.